The number of benzene rings is 2. The molecule has 1 N–H and O–H groups in total. The van der Waals surface area contributed by atoms with Crippen molar-refractivity contribution in [3.63, 3.8) is 0 Å². The van der Waals surface area contributed by atoms with Crippen LogP contribution in [0.25, 0.3) is 22.2 Å². The number of pyridine rings is 1. The van der Waals surface area contributed by atoms with E-state index in [1.165, 1.54) is 21.8 Å². The fraction of sp³-hybridized carbons (Fsp3) is 0.276. The van der Waals surface area contributed by atoms with Gasteiger partial charge in [0.1, 0.15) is 5.00 Å². The number of ether oxygens (including phenoxy) is 1. The summed E-state index contributed by atoms with van der Waals surface area (Å²) in [5.74, 6) is -0.600. The van der Waals surface area contributed by atoms with Crippen LogP contribution in [0.5, 0.6) is 0 Å². The van der Waals surface area contributed by atoms with Crippen molar-refractivity contribution in [3.8, 4) is 11.3 Å². The van der Waals surface area contributed by atoms with Gasteiger partial charge >= 0.3 is 5.97 Å². The molecule has 2 heterocycles. The number of carbonyl (C=O) groups excluding carboxylic acids is 2. The number of fused-ring (bicyclic) bond motifs is 2. The van der Waals surface area contributed by atoms with E-state index in [2.05, 4.69) is 5.32 Å². The highest BCUT2D eigenvalue weighted by Crippen LogP contribution is 2.39. The number of hydrogen-bond acceptors (Lipinski definition) is 5. The number of amides is 1. The van der Waals surface area contributed by atoms with E-state index < -0.39 is 0 Å². The average molecular weight is 485 g/mol. The lowest BCUT2D eigenvalue weighted by Gasteiger charge is -2.15. The molecule has 4 aromatic rings. The summed E-state index contributed by atoms with van der Waals surface area (Å²) in [4.78, 5) is 32.8. The number of carbonyl (C=O) groups is 2. The molecule has 2 aromatic heterocycles. The quantitative estimate of drug-likeness (QED) is 0.313. The lowest BCUT2D eigenvalue weighted by molar-refractivity contribution is 0.0526. The normalized spacial score (nSPS) is 12.9. The van der Waals surface area contributed by atoms with Crippen LogP contribution >= 0.6 is 11.3 Å². The van der Waals surface area contributed by atoms with Crippen molar-refractivity contribution >= 4 is 39.1 Å². The van der Waals surface area contributed by atoms with Crippen molar-refractivity contribution < 1.29 is 14.3 Å². The summed E-state index contributed by atoms with van der Waals surface area (Å²) in [5, 5.41) is 4.47. The molecular formula is C29H28N2O3S. The zero-order valence-electron chi connectivity index (χ0n) is 20.2. The number of thiophene rings is 1. The number of aromatic nitrogens is 1. The first-order valence-electron chi connectivity index (χ1n) is 12.1. The molecule has 5 rings (SSSR count). The topological polar surface area (TPSA) is 68.3 Å². The maximum Gasteiger partial charge on any atom is 0.341 e. The fourth-order valence-electron chi connectivity index (χ4n) is 4.83. The Bertz CT molecular complexity index is 1440. The van der Waals surface area contributed by atoms with Crippen LogP contribution in [0.15, 0.2) is 48.5 Å². The van der Waals surface area contributed by atoms with Crippen LogP contribution in [0.2, 0.25) is 0 Å². The van der Waals surface area contributed by atoms with Crippen molar-refractivity contribution in [1.29, 1.82) is 0 Å². The van der Waals surface area contributed by atoms with Gasteiger partial charge in [-0.15, -0.1) is 11.3 Å². The van der Waals surface area contributed by atoms with Gasteiger partial charge in [-0.3, -0.25) is 4.79 Å². The summed E-state index contributed by atoms with van der Waals surface area (Å²) in [6.07, 6.45) is 3.90. The van der Waals surface area contributed by atoms with Gasteiger partial charge in [-0.05, 0) is 63.6 Å². The number of anilines is 1. The molecule has 6 heteroatoms. The van der Waals surface area contributed by atoms with E-state index in [1.54, 1.807) is 6.92 Å². The predicted molar refractivity (Wildman–Crippen MR) is 142 cm³/mol. The van der Waals surface area contributed by atoms with Crippen molar-refractivity contribution in [1.82, 2.24) is 4.98 Å². The molecule has 1 amide bonds. The molecule has 1 aliphatic rings. The van der Waals surface area contributed by atoms with Gasteiger partial charge in [0.15, 0.2) is 0 Å². The van der Waals surface area contributed by atoms with Crippen molar-refractivity contribution in [2.45, 2.75) is 46.5 Å². The SMILES string of the molecule is CCOC(=O)c1c(NC(=O)c2c(C)c(-c3ccc(C)cc3)nc3ccccc23)sc2c1CCCC2. The molecule has 0 aliphatic heterocycles. The van der Waals surface area contributed by atoms with Crippen LogP contribution in [0.4, 0.5) is 5.00 Å². The minimum absolute atomic E-state index is 0.237. The molecular weight excluding hydrogens is 456 g/mol. The standard InChI is InChI=1S/C29H28N2O3S/c1-4-34-29(33)25-21-10-6-8-12-23(21)35-28(25)31-27(32)24-18(3)26(19-15-13-17(2)14-16-19)30-22-11-7-5-9-20(22)24/h5,7,9,11,13-16H,4,6,8,10,12H2,1-3H3,(H,31,32). The number of para-hydroxylation sites is 1. The Hall–Kier alpha value is -3.51. The summed E-state index contributed by atoms with van der Waals surface area (Å²) in [6, 6.07) is 15.9. The monoisotopic (exact) mass is 484 g/mol. The molecule has 0 saturated carbocycles. The largest absolute Gasteiger partial charge is 0.462 e. The number of aryl methyl sites for hydroxylation is 2. The molecule has 2 aromatic carbocycles. The molecule has 0 atom stereocenters. The highest BCUT2D eigenvalue weighted by atomic mass is 32.1. The lowest BCUT2D eigenvalue weighted by atomic mass is 9.95. The summed E-state index contributed by atoms with van der Waals surface area (Å²) >= 11 is 1.50. The maximum atomic E-state index is 13.8. The highest BCUT2D eigenvalue weighted by molar-refractivity contribution is 7.17. The first-order valence-corrected chi connectivity index (χ1v) is 12.9. The Labute approximate surface area is 209 Å². The van der Waals surface area contributed by atoms with Gasteiger partial charge < -0.3 is 10.1 Å². The summed E-state index contributed by atoms with van der Waals surface area (Å²) < 4.78 is 5.37. The summed E-state index contributed by atoms with van der Waals surface area (Å²) in [6.45, 7) is 6.08. The first kappa shape index (κ1) is 23.2. The van der Waals surface area contributed by atoms with E-state index in [1.807, 2.05) is 62.4 Å². The van der Waals surface area contributed by atoms with Crippen molar-refractivity contribution in [3.05, 3.63) is 81.2 Å². The Morgan fingerprint density at radius 3 is 2.51 bits per heavy atom. The third kappa shape index (κ3) is 4.34. The Morgan fingerprint density at radius 2 is 1.74 bits per heavy atom. The fourth-order valence-corrected chi connectivity index (χ4v) is 6.10. The zero-order valence-corrected chi connectivity index (χ0v) is 21.1. The molecule has 0 bridgehead atoms. The first-order chi connectivity index (χ1) is 17.0. The van der Waals surface area contributed by atoms with Crippen LogP contribution < -0.4 is 5.32 Å². The van der Waals surface area contributed by atoms with Gasteiger partial charge in [0, 0.05) is 15.8 Å². The van der Waals surface area contributed by atoms with Crippen LogP contribution in [-0.2, 0) is 17.6 Å². The van der Waals surface area contributed by atoms with E-state index in [0.717, 1.165) is 59.0 Å². The van der Waals surface area contributed by atoms with Gasteiger partial charge in [0.05, 0.1) is 28.9 Å². The molecule has 0 unspecified atom stereocenters. The van der Waals surface area contributed by atoms with Gasteiger partial charge in [0.2, 0.25) is 0 Å². The van der Waals surface area contributed by atoms with Gasteiger partial charge in [-0.2, -0.15) is 0 Å². The molecule has 178 valence electrons. The van der Waals surface area contributed by atoms with E-state index in [4.69, 9.17) is 9.72 Å². The third-order valence-electron chi connectivity index (χ3n) is 6.57. The average Bonchev–Trinajstić information content (AvgIpc) is 3.22. The number of nitrogens with one attached hydrogen (secondary N) is 1. The zero-order chi connectivity index (χ0) is 24.5. The van der Waals surface area contributed by atoms with Gasteiger partial charge in [0.25, 0.3) is 5.91 Å². The van der Waals surface area contributed by atoms with Gasteiger partial charge in [-0.1, -0.05) is 48.0 Å². The summed E-state index contributed by atoms with van der Waals surface area (Å²) in [7, 11) is 0. The van der Waals surface area contributed by atoms with E-state index in [9.17, 15) is 9.59 Å². The maximum absolute atomic E-state index is 13.8. The summed E-state index contributed by atoms with van der Waals surface area (Å²) in [5.41, 5.74) is 6.61. The van der Waals surface area contributed by atoms with E-state index in [0.29, 0.717) is 22.7 Å². The van der Waals surface area contributed by atoms with Crippen LogP contribution in [0, 0.1) is 13.8 Å². The number of esters is 1. The van der Waals surface area contributed by atoms with Crippen LogP contribution in [0.1, 0.15) is 62.0 Å². The lowest BCUT2D eigenvalue weighted by Crippen LogP contribution is -2.17. The highest BCUT2D eigenvalue weighted by Gasteiger charge is 2.28. The second-order valence-corrected chi connectivity index (χ2v) is 10.0. The Kier molecular flexibility index (Phi) is 6.39. The second-order valence-electron chi connectivity index (χ2n) is 8.93. The smallest absolute Gasteiger partial charge is 0.341 e. The van der Waals surface area contributed by atoms with Crippen LogP contribution in [-0.4, -0.2) is 23.5 Å². The molecule has 0 fully saturated rings. The van der Waals surface area contributed by atoms with Gasteiger partial charge in [-0.25, -0.2) is 9.78 Å². The molecule has 35 heavy (non-hydrogen) atoms. The number of rotatable bonds is 5. The molecule has 0 spiro atoms. The molecule has 5 nitrogen and oxygen atoms in total. The predicted octanol–water partition coefficient (Wildman–Crippen LogP) is 6.89. The van der Waals surface area contributed by atoms with E-state index in [-0.39, 0.29) is 11.9 Å². The minimum atomic E-state index is -0.362. The van der Waals surface area contributed by atoms with Crippen molar-refractivity contribution in [2.75, 3.05) is 11.9 Å². The van der Waals surface area contributed by atoms with E-state index >= 15 is 0 Å². The third-order valence-corrected chi connectivity index (χ3v) is 7.77. The molecule has 1 aliphatic carbocycles. The number of hydrogen-bond donors (Lipinski definition) is 1. The molecule has 0 radical (unpaired) electrons. The minimum Gasteiger partial charge on any atom is -0.462 e. The van der Waals surface area contributed by atoms with Crippen molar-refractivity contribution in [2.24, 2.45) is 0 Å². The van der Waals surface area contributed by atoms with Crippen LogP contribution in [0.3, 0.4) is 0 Å². The Balaban J connectivity index is 1.62. The molecule has 0 saturated heterocycles. The second kappa shape index (κ2) is 9.62. The Morgan fingerprint density at radius 1 is 1.00 bits per heavy atom. The number of nitrogens with zero attached hydrogens (tertiary/aromatic N) is 1.